The molecule has 0 aliphatic carbocycles. The van der Waals surface area contributed by atoms with Crippen molar-refractivity contribution in [3.8, 4) is 6.07 Å². The smallest absolute Gasteiger partial charge is 0.0683 e. The molecule has 1 fully saturated rings. The summed E-state index contributed by atoms with van der Waals surface area (Å²) in [5.41, 5.74) is -0.129. The summed E-state index contributed by atoms with van der Waals surface area (Å²) in [7, 11) is 0. The average molecular weight is 236 g/mol. The fraction of sp³-hybridized carbons (Fsp3) is 0.933. The second-order valence-corrected chi connectivity index (χ2v) is 6.06. The predicted molar refractivity (Wildman–Crippen MR) is 72.8 cm³/mol. The normalized spacial score (nSPS) is 19.4. The molecule has 1 saturated heterocycles. The first-order valence-electron chi connectivity index (χ1n) is 7.28. The molecular weight excluding hydrogens is 208 g/mol. The Balaban J connectivity index is 2.10. The molecule has 1 aliphatic heterocycles. The van der Waals surface area contributed by atoms with Gasteiger partial charge in [-0.15, -0.1) is 0 Å². The lowest BCUT2D eigenvalue weighted by Crippen LogP contribution is -2.28. The highest BCUT2D eigenvalue weighted by Gasteiger charge is 2.16. The Hall–Kier alpha value is -0.550. The molecule has 2 nitrogen and oxygen atoms in total. The number of likely N-dealkylation sites (tertiary alicyclic amines) is 1. The van der Waals surface area contributed by atoms with E-state index in [1.807, 2.05) is 13.8 Å². The Labute approximate surface area is 107 Å². The third-order valence-corrected chi connectivity index (χ3v) is 3.78. The van der Waals surface area contributed by atoms with Gasteiger partial charge in [-0.1, -0.05) is 25.7 Å². The fourth-order valence-corrected chi connectivity index (χ4v) is 2.49. The van der Waals surface area contributed by atoms with Crippen molar-refractivity contribution < 1.29 is 0 Å². The molecule has 0 aromatic rings. The maximum Gasteiger partial charge on any atom is 0.0683 e. The first-order valence-corrected chi connectivity index (χ1v) is 7.28. The van der Waals surface area contributed by atoms with Crippen LogP contribution in [0.1, 0.15) is 65.2 Å². The second-order valence-electron chi connectivity index (χ2n) is 6.06. The highest BCUT2D eigenvalue weighted by atomic mass is 15.1. The zero-order valence-electron chi connectivity index (χ0n) is 11.7. The predicted octanol–water partition coefficient (Wildman–Crippen LogP) is 3.97. The van der Waals surface area contributed by atoms with Gasteiger partial charge in [-0.3, -0.25) is 0 Å². The van der Waals surface area contributed by atoms with Crippen LogP contribution in [0.2, 0.25) is 0 Å². The summed E-state index contributed by atoms with van der Waals surface area (Å²) in [5, 5.41) is 8.95. The lowest BCUT2D eigenvalue weighted by atomic mass is 9.89. The molecule has 0 aromatic heterocycles. The molecule has 0 unspecified atom stereocenters. The number of unbranched alkanes of at least 4 members (excludes halogenated alkanes) is 1. The number of hydrogen-bond acceptors (Lipinski definition) is 2. The van der Waals surface area contributed by atoms with Crippen LogP contribution in [0.15, 0.2) is 0 Å². The summed E-state index contributed by atoms with van der Waals surface area (Å²) in [6.07, 6.45) is 10.5. The Morgan fingerprint density at radius 2 is 1.59 bits per heavy atom. The van der Waals surface area contributed by atoms with Gasteiger partial charge in [0.15, 0.2) is 0 Å². The van der Waals surface area contributed by atoms with Gasteiger partial charge in [0.25, 0.3) is 0 Å². The maximum atomic E-state index is 8.95. The van der Waals surface area contributed by atoms with Crippen LogP contribution >= 0.6 is 0 Å². The molecule has 0 aromatic carbocycles. The van der Waals surface area contributed by atoms with E-state index in [9.17, 15) is 0 Å². The van der Waals surface area contributed by atoms with Crippen LogP contribution < -0.4 is 0 Å². The lowest BCUT2D eigenvalue weighted by Gasteiger charge is -2.24. The van der Waals surface area contributed by atoms with Crippen molar-refractivity contribution in [2.75, 3.05) is 19.6 Å². The molecule has 0 radical (unpaired) electrons. The molecule has 1 aliphatic rings. The number of nitrogens with zero attached hydrogens (tertiary/aromatic N) is 2. The van der Waals surface area contributed by atoms with Crippen LogP contribution in [0.25, 0.3) is 0 Å². The van der Waals surface area contributed by atoms with Crippen molar-refractivity contribution in [2.45, 2.75) is 65.2 Å². The van der Waals surface area contributed by atoms with E-state index in [2.05, 4.69) is 11.0 Å². The van der Waals surface area contributed by atoms with Gasteiger partial charge in [-0.05, 0) is 59.2 Å². The molecular formula is C15H28N2. The van der Waals surface area contributed by atoms with Crippen LogP contribution in [-0.4, -0.2) is 24.5 Å². The Morgan fingerprint density at radius 1 is 1.00 bits per heavy atom. The van der Waals surface area contributed by atoms with Crippen LogP contribution in [0, 0.1) is 16.7 Å². The third kappa shape index (κ3) is 6.68. The van der Waals surface area contributed by atoms with Gasteiger partial charge in [-0.25, -0.2) is 0 Å². The highest BCUT2D eigenvalue weighted by molar-refractivity contribution is 4.91. The van der Waals surface area contributed by atoms with Gasteiger partial charge < -0.3 is 4.90 Å². The summed E-state index contributed by atoms with van der Waals surface area (Å²) < 4.78 is 0. The van der Waals surface area contributed by atoms with E-state index in [-0.39, 0.29) is 5.41 Å². The minimum atomic E-state index is -0.129. The van der Waals surface area contributed by atoms with Crippen molar-refractivity contribution in [3.63, 3.8) is 0 Å². The van der Waals surface area contributed by atoms with Gasteiger partial charge in [-0.2, -0.15) is 5.26 Å². The molecule has 98 valence electrons. The summed E-state index contributed by atoms with van der Waals surface area (Å²) in [6.45, 7) is 7.91. The van der Waals surface area contributed by atoms with Gasteiger partial charge in [0, 0.05) is 0 Å². The van der Waals surface area contributed by atoms with E-state index >= 15 is 0 Å². The maximum absolute atomic E-state index is 8.95. The number of rotatable bonds is 5. The standard InChI is InChI=1S/C15H28N2/c1-15(2,14-16)10-6-9-13-17-11-7-4-3-5-8-12-17/h3-13H2,1-2H3. The first-order chi connectivity index (χ1) is 8.14. The zero-order chi connectivity index (χ0) is 12.6. The average Bonchev–Trinajstić information content (AvgIpc) is 2.26. The monoisotopic (exact) mass is 236 g/mol. The van der Waals surface area contributed by atoms with E-state index in [1.165, 1.54) is 64.6 Å². The largest absolute Gasteiger partial charge is 0.303 e. The minimum absolute atomic E-state index is 0.129. The SMILES string of the molecule is CC(C)(C#N)CCCCN1CCCCCCC1. The van der Waals surface area contributed by atoms with Crippen LogP contribution in [-0.2, 0) is 0 Å². The molecule has 17 heavy (non-hydrogen) atoms. The van der Waals surface area contributed by atoms with E-state index in [4.69, 9.17) is 5.26 Å². The molecule has 1 rings (SSSR count). The third-order valence-electron chi connectivity index (χ3n) is 3.78. The zero-order valence-corrected chi connectivity index (χ0v) is 11.7. The molecule has 0 saturated carbocycles. The first kappa shape index (κ1) is 14.5. The van der Waals surface area contributed by atoms with Crippen molar-refractivity contribution in [2.24, 2.45) is 5.41 Å². The fourth-order valence-electron chi connectivity index (χ4n) is 2.49. The molecule has 0 bridgehead atoms. The number of nitriles is 1. The van der Waals surface area contributed by atoms with Crippen molar-refractivity contribution >= 4 is 0 Å². The van der Waals surface area contributed by atoms with Crippen LogP contribution in [0.3, 0.4) is 0 Å². The van der Waals surface area contributed by atoms with Crippen molar-refractivity contribution in [1.82, 2.24) is 4.90 Å². The Bertz CT molecular complexity index is 232. The van der Waals surface area contributed by atoms with Gasteiger partial charge >= 0.3 is 0 Å². The summed E-state index contributed by atoms with van der Waals surface area (Å²) in [6, 6.07) is 2.38. The van der Waals surface area contributed by atoms with Crippen molar-refractivity contribution in [3.05, 3.63) is 0 Å². The molecule has 0 N–H and O–H groups in total. The molecule has 0 atom stereocenters. The Morgan fingerprint density at radius 3 is 2.18 bits per heavy atom. The van der Waals surface area contributed by atoms with Gasteiger partial charge in [0.05, 0.1) is 11.5 Å². The number of hydrogen-bond donors (Lipinski definition) is 0. The minimum Gasteiger partial charge on any atom is -0.303 e. The molecule has 1 heterocycles. The summed E-state index contributed by atoms with van der Waals surface area (Å²) in [4.78, 5) is 2.62. The van der Waals surface area contributed by atoms with Crippen LogP contribution in [0.5, 0.6) is 0 Å². The van der Waals surface area contributed by atoms with Crippen LogP contribution in [0.4, 0.5) is 0 Å². The van der Waals surface area contributed by atoms with Gasteiger partial charge in [0.2, 0.25) is 0 Å². The summed E-state index contributed by atoms with van der Waals surface area (Å²) in [5.74, 6) is 0. The lowest BCUT2D eigenvalue weighted by molar-refractivity contribution is 0.239. The molecule has 2 heteroatoms. The van der Waals surface area contributed by atoms with E-state index in [1.54, 1.807) is 0 Å². The van der Waals surface area contributed by atoms with E-state index in [0.717, 1.165) is 6.42 Å². The topological polar surface area (TPSA) is 27.0 Å². The second kappa shape index (κ2) is 7.71. The molecule has 0 spiro atoms. The van der Waals surface area contributed by atoms with E-state index < -0.39 is 0 Å². The van der Waals surface area contributed by atoms with Gasteiger partial charge in [0.1, 0.15) is 0 Å². The van der Waals surface area contributed by atoms with E-state index in [0.29, 0.717) is 0 Å². The molecule has 0 amide bonds. The van der Waals surface area contributed by atoms with Crippen molar-refractivity contribution in [1.29, 1.82) is 5.26 Å². The highest BCUT2D eigenvalue weighted by Crippen LogP contribution is 2.21. The Kier molecular flexibility index (Phi) is 6.58. The quantitative estimate of drug-likeness (QED) is 0.675. The summed E-state index contributed by atoms with van der Waals surface area (Å²) >= 11 is 0.